The number of nitrogens with one attached hydrogen (secondary N) is 1. The number of hydrogen-bond donors (Lipinski definition) is 1. The highest BCUT2D eigenvalue weighted by molar-refractivity contribution is 5.15. The average Bonchev–Trinajstić information content (AvgIpc) is 2.62. The van der Waals surface area contributed by atoms with Gasteiger partial charge in [-0.15, -0.1) is 0 Å². The van der Waals surface area contributed by atoms with Crippen LogP contribution in [0.2, 0.25) is 0 Å². The summed E-state index contributed by atoms with van der Waals surface area (Å²) < 4.78 is 1.87. The van der Waals surface area contributed by atoms with Crippen LogP contribution in [0.1, 0.15) is 17.0 Å². The second-order valence-corrected chi connectivity index (χ2v) is 3.70. The maximum absolute atomic E-state index is 4.19. The normalized spacial score (nSPS) is 10.6. The van der Waals surface area contributed by atoms with E-state index in [9.17, 15) is 0 Å². The fourth-order valence-electron chi connectivity index (χ4n) is 1.47. The molecule has 0 unspecified atom stereocenters. The quantitative estimate of drug-likeness (QED) is 0.823. The van der Waals surface area contributed by atoms with Crippen molar-refractivity contribution in [3.05, 3.63) is 41.5 Å². The van der Waals surface area contributed by atoms with Crippen molar-refractivity contribution in [2.75, 3.05) is 0 Å². The van der Waals surface area contributed by atoms with Crippen LogP contribution < -0.4 is 5.32 Å². The van der Waals surface area contributed by atoms with Crippen LogP contribution >= 0.6 is 0 Å². The summed E-state index contributed by atoms with van der Waals surface area (Å²) in [4.78, 5) is 0. The van der Waals surface area contributed by atoms with Crippen LogP contribution in [-0.2, 0) is 20.1 Å². The molecule has 0 amide bonds. The van der Waals surface area contributed by atoms with E-state index in [1.54, 1.807) is 6.20 Å². The van der Waals surface area contributed by atoms with Gasteiger partial charge in [-0.1, -0.05) is 0 Å². The molecular weight excluding hydrogens is 202 g/mol. The highest BCUT2D eigenvalue weighted by atomic mass is 15.3. The molecule has 0 bridgehead atoms. The van der Waals surface area contributed by atoms with Crippen molar-refractivity contribution in [2.45, 2.75) is 20.0 Å². The fraction of sp³-hybridized carbons (Fsp3) is 0.364. The molecule has 16 heavy (non-hydrogen) atoms. The minimum atomic E-state index is 0.724. The summed E-state index contributed by atoms with van der Waals surface area (Å²) in [5.74, 6) is 0. The molecule has 2 heterocycles. The first-order valence-corrected chi connectivity index (χ1v) is 5.22. The molecule has 0 spiro atoms. The van der Waals surface area contributed by atoms with Gasteiger partial charge in [-0.05, 0) is 19.1 Å². The van der Waals surface area contributed by atoms with Crippen LogP contribution in [0.5, 0.6) is 0 Å². The van der Waals surface area contributed by atoms with Gasteiger partial charge >= 0.3 is 0 Å². The van der Waals surface area contributed by atoms with Crippen molar-refractivity contribution in [1.29, 1.82) is 0 Å². The molecule has 0 saturated heterocycles. The Balaban J connectivity index is 1.87. The van der Waals surface area contributed by atoms with Gasteiger partial charge in [-0.25, -0.2) is 0 Å². The Kier molecular flexibility index (Phi) is 3.26. The molecule has 84 valence electrons. The summed E-state index contributed by atoms with van der Waals surface area (Å²) in [5.41, 5.74) is 3.35. The molecule has 5 heteroatoms. The molecule has 2 aromatic heterocycles. The van der Waals surface area contributed by atoms with E-state index < -0.39 is 0 Å². The lowest BCUT2D eigenvalue weighted by Gasteiger charge is -2.03. The van der Waals surface area contributed by atoms with Crippen molar-refractivity contribution < 1.29 is 0 Å². The summed E-state index contributed by atoms with van der Waals surface area (Å²) in [6.07, 6.45) is 3.56. The predicted molar refractivity (Wildman–Crippen MR) is 60.5 cm³/mol. The Morgan fingerprint density at radius 2 is 2.25 bits per heavy atom. The Labute approximate surface area is 94.5 Å². The summed E-state index contributed by atoms with van der Waals surface area (Å²) in [6.45, 7) is 3.59. The zero-order valence-corrected chi connectivity index (χ0v) is 9.51. The van der Waals surface area contributed by atoms with Crippen LogP contribution in [0.15, 0.2) is 24.5 Å². The van der Waals surface area contributed by atoms with Crippen LogP contribution in [0.25, 0.3) is 0 Å². The Hall–Kier alpha value is -1.75. The molecule has 0 radical (unpaired) electrons. The van der Waals surface area contributed by atoms with E-state index in [2.05, 4.69) is 27.5 Å². The Morgan fingerprint density at radius 3 is 2.88 bits per heavy atom. The van der Waals surface area contributed by atoms with Gasteiger partial charge in [0, 0.05) is 37.6 Å². The number of rotatable bonds is 4. The predicted octanol–water partition coefficient (Wildman–Crippen LogP) is 0.808. The minimum absolute atomic E-state index is 0.724. The molecule has 0 aliphatic carbocycles. The van der Waals surface area contributed by atoms with Crippen LogP contribution in [-0.4, -0.2) is 20.0 Å². The van der Waals surface area contributed by atoms with Gasteiger partial charge in [0.05, 0.1) is 11.9 Å². The maximum atomic E-state index is 4.19. The van der Waals surface area contributed by atoms with Gasteiger partial charge in [-0.3, -0.25) is 4.68 Å². The summed E-state index contributed by atoms with van der Waals surface area (Å²) >= 11 is 0. The van der Waals surface area contributed by atoms with Crippen LogP contribution in [0.3, 0.4) is 0 Å². The zero-order valence-electron chi connectivity index (χ0n) is 9.51. The first-order chi connectivity index (χ1) is 7.77. The molecule has 0 aliphatic rings. The standard InChI is InChI=1S/C11H15N5/c1-9-10(7-14-16(9)2)6-12-8-11-4-3-5-13-15-11/h3-5,7,12H,6,8H2,1-2H3. The summed E-state index contributed by atoms with van der Waals surface area (Å²) in [6, 6.07) is 3.84. The molecule has 1 N–H and O–H groups in total. The highest BCUT2D eigenvalue weighted by Crippen LogP contribution is 2.04. The fourth-order valence-corrected chi connectivity index (χ4v) is 1.47. The van der Waals surface area contributed by atoms with Gasteiger partial charge in [0.25, 0.3) is 0 Å². The Bertz CT molecular complexity index is 449. The van der Waals surface area contributed by atoms with Crippen molar-refractivity contribution in [2.24, 2.45) is 7.05 Å². The van der Waals surface area contributed by atoms with Gasteiger partial charge in [0.15, 0.2) is 0 Å². The SMILES string of the molecule is Cc1c(CNCc2cccnn2)cnn1C. The van der Waals surface area contributed by atoms with E-state index in [0.717, 1.165) is 18.8 Å². The van der Waals surface area contributed by atoms with Gasteiger partial charge in [0.2, 0.25) is 0 Å². The molecule has 0 fully saturated rings. The molecular formula is C11H15N5. The van der Waals surface area contributed by atoms with E-state index in [1.165, 1.54) is 11.3 Å². The third-order valence-corrected chi connectivity index (χ3v) is 2.59. The first kappa shape index (κ1) is 10.8. The first-order valence-electron chi connectivity index (χ1n) is 5.22. The maximum Gasteiger partial charge on any atom is 0.0769 e. The molecule has 0 aromatic carbocycles. The number of hydrogen-bond acceptors (Lipinski definition) is 4. The van der Waals surface area contributed by atoms with Crippen molar-refractivity contribution in [3.63, 3.8) is 0 Å². The summed E-state index contributed by atoms with van der Waals surface area (Å²) in [5, 5.41) is 15.3. The third kappa shape index (κ3) is 2.43. The van der Waals surface area contributed by atoms with E-state index in [-0.39, 0.29) is 0 Å². The van der Waals surface area contributed by atoms with E-state index >= 15 is 0 Å². The molecule has 0 atom stereocenters. The second kappa shape index (κ2) is 4.85. The van der Waals surface area contributed by atoms with Crippen LogP contribution in [0.4, 0.5) is 0 Å². The number of aromatic nitrogens is 4. The lowest BCUT2D eigenvalue weighted by atomic mass is 10.2. The van der Waals surface area contributed by atoms with Crippen molar-refractivity contribution in [3.8, 4) is 0 Å². The molecule has 2 rings (SSSR count). The topological polar surface area (TPSA) is 55.6 Å². The summed E-state index contributed by atoms with van der Waals surface area (Å²) in [7, 11) is 1.95. The van der Waals surface area contributed by atoms with Crippen LogP contribution in [0, 0.1) is 6.92 Å². The number of nitrogens with zero attached hydrogens (tertiary/aromatic N) is 4. The minimum Gasteiger partial charge on any atom is -0.307 e. The third-order valence-electron chi connectivity index (χ3n) is 2.59. The number of aryl methyl sites for hydroxylation is 1. The highest BCUT2D eigenvalue weighted by Gasteiger charge is 2.02. The lowest BCUT2D eigenvalue weighted by molar-refractivity contribution is 0.664. The molecule has 5 nitrogen and oxygen atoms in total. The van der Waals surface area contributed by atoms with Gasteiger partial charge < -0.3 is 5.32 Å². The average molecular weight is 217 g/mol. The van der Waals surface area contributed by atoms with E-state index in [1.807, 2.05) is 30.1 Å². The van der Waals surface area contributed by atoms with Crippen molar-refractivity contribution in [1.82, 2.24) is 25.3 Å². The van der Waals surface area contributed by atoms with E-state index in [0.29, 0.717) is 0 Å². The molecule has 0 saturated carbocycles. The molecule has 0 aliphatic heterocycles. The van der Waals surface area contributed by atoms with Crippen molar-refractivity contribution >= 4 is 0 Å². The Morgan fingerprint density at radius 1 is 1.38 bits per heavy atom. The lowest BCUT2D eigenvalue weighted by Crippen LogP contribution is -2.14. The monoisotopic (exact) mass is 217 g/mol. The van der Waals surface area contributed by atoms with Gasteiger partial charge in [0.1, 0.15) is 0 Å². The van der Waals surface area contributed by atoms with Gasteiger partial charge in [-0.2, -0.15) is 15.3 Å². The molecule has 2 aromatic rings. The zero-order chi connectivity index (χ0) is 11.4. The van der Waals surface area contributed by atoms with E-state index in [4.69, 9.17) is 0 Å². The largest absolute Gasteiger partial charge is 0.307 e. The smallest absolute Gasteiger partial charge is 0.0769 e. The second-order valence-electron chi connectivity index (χ2n) is 3.70.